The average Bonchev–Trinajstić information content (AvgIpc) is 2.65. The highest BCUT2D eigenvalue weighted by Gasteiger charge is 2.14. The maximum absolute atomic E-state index is 6.00. The molecule has 0 aliphatic heterocycles. The van der Waals surface area contributed by atoms with Gasteiger partial charge in [0.05, 0.1) is 6.10 Å². The van der Waals surface area contributed by atoms with Crippen molar-refractivity contribution in [3.63, 3.8) is 0 Å². The monoisotopic (exact) mass is 401 g/mol. The molecule has 28 heavy (non-hydrogen) atoms. The molecule has 0 spiro atoms. The Morgan fingerprint density at radius 1 is 0.786 bits per heavy atom. The van der Waals surface area contributed by atoms with E-state index in [-0.39, 0.29) is 6.10 Å². The van der Waals surface area contributed by atoms with E-state index in [4.69, 9.17) is 16.3 Å². The topological polar surface area (TPSA) is 21.3 Å². The third kappa shape index (κ3) is 7.85. The predicted octanol–water partition coefficient (Wildman–Crippen LogP) is 7.39. The molecule has 0 saturated heterocycles. The van der Waals surface area contributed by atoms with Crippen LogP contribution in [0.2, 0.25) is 5.02 Å². The highest BCUT2D eigenvalue weighted by molar-refractivity contribution is 6.30. The minimum atomic E-state index is 0.209. The SMILES string of the molecule is CC(C)CC[C@@H](CCN[C@H](C)c1ccc(Cl)cc1)c1ccc(OC(C)C)cc1. The molecule has 0 aromatic heterocycles. The molecular formula is C25H36ClNO. The van der Waals surface area contributed by atoms with Gasteiger partial charge in [0.1, 0.15) is 5.75 Å². The largest absolute Gasteiger partial charge is 0.491 e. The van der Waals surface area contributed by atoms with Gasteiger partial charge in [0.25, 0.3) is 0 Å². The summed E-state index contributed by atoms with van der Waals surface area (Å²) in [6.45, 7) is 11.9. The van der Waals surface area contributed by atoms with Crippen molar-refractivity contribution in [2.45, 2.75) is 71.9 Å². The number of hydrogen-bond donors (Lipinski definition) is 1. The van der Waals surface area contributed by atoms with E-state index in [1.54, 1.807) is 0 Å². The van der Waals surface area contributed by atoms with Crippen LogP contribution in [0, 0.1) is 5.92 Å². The highest BCUT2D eigenvalue weighted by atomic mass is 35.5. The number of hydrogen-bond acceptors (Lipinski definition) is 2. The number of benzene rings is 2. The summed E-state index contributed by atoms with van der Waals surface area (Å²) in [5.74, 6) is 2.25. The van der Waals surface area contributed by atoms with Crippen molar-refractivity contribution in [2.24, 2.45) is 5.92 Å². The van der Waals surface area contributed by atoms with E-state index >= 15 is 0 Å². The first-order valence-electron chi connectivity index (χ1n) is 10.6. The molecule has 0 heterocycles. The van der Waals surface area contributed by atoms with Gasteiger partial charge in [-0.2, -0.15) is 0 Å². The van der Waals surface area contributed by atoms with Gasteiger partial charge in [-0.05, 0) is 87.4 Å². The van der Waals surface area contributed by atoms with Gasteiger partial charge in [-0.15, -0.1) is 0 Å². The smallest absolute Gasteiger partial charge is 0.119 e. The molecular weight excluding hydrogens is 366 g/mol. The number of ether oxygens (including phenoxy) is 1. The lowest BCUT2D eigenvalue weighted by Crippen LogP contribution is -2.21. The number of nitrogens with one attached hydrogen (secondary N) is 1. The zero-order valence-corrected chi connectivity index (χ0v) is 18.8. The van der Waals surface area contributed by atoms with Gasteiger partial charge in [-0.25, -0.2) is 0 Å². The molecule has 1 N–H and O–H groups in total. The van der Waals surface area contributed by atoms with Crippen LogP contribution in [0.25, 0.3) is 0 Å². The number of halogens is 1. The first-order chi connectivity index (χ1) is 13.3. The summed E-state index contributed by atoms with van der Waals surface area (Å²) in [5.41, 5.74) is 2.69. The molecule has 0 saturated carbocycles. The van der Waals surface area contributed by atoms with E-state index < -0.39 is 0 Å². The van der Waals surface area contributed by atoms with E-state index in [1.807, 2.05) is 12.1 Å². The summed E-state index contributed by atoms with van der Waals surface area (Å²) in [4.78, 5) is 0. The maximum Gasteiger partial charge on any atom is 0.119 e. The van der Waals surface area contributed by atoms with Gasteiger partial charge in [0.2, 0.25) is 0 Å². The first-order valence-corrected chi connectivity index (χ1v) is 11.0. The molecule has 0 unspecified atom stereocenters. The molecule has 2 aromatic rings. The second-order valence-electron chi connectivity index (χ2n) is 8.42. The van der Waals surface area contributed by atoms with Crippen molar-refractivity contribution in [1.29, 1.82) is 0 Å². The van der Waals surface area contributed by atoms with Crippen LogP contribution in [0.3, 0.4) is 0 Å². The zero-order chi connectivity index (χ0) is 20.5. The van der Waals surface area contributed by atoms with Crippen molar-refractivity contribution >= 4 is 11.6 Å². The Morgan fingerprint density at radius 2 is 1.39 bits per heavy atom. The van der Waals surface area contributed by atoms with Gasteiger partial charge in [0, 0.05) is 11.1 Å². The Labute approximate surface area is 176 Å². The van der Waals surface area contributed by atoms with Crippen molar-refractivity contribution in [1.82, 2.24) is 5.32 Å². The fourth-order valence-corrected chi connectivity index (χ4v) is 3.57. The molecule has 0 amide bonds. The average molecular weight is 402 g/mol. The summed E-state index contributed by atoms with van der Waals surface area (Å²) in [6, 6.07) is 17.2. The second kappa shape index (κ2) is 11.5. The van der Waals surface area contributed by atoms with Crippen LogP contribution >= 0.6 is 11.6 Å². The standard InChI is InChI=1S/C25H36ClNO/c1-18(2)6-7-23(22-10-14-25(15-11-22)28-19(3)4)16-17-27-20(5)21-8-12-24(26)13-9-21/h8-15,18-20,23,27H,6-7,16-17H2,1-5H3/t20-,23+/m1/s1. The maximum atomic E-state index is 6.00. The lowest BCUT2D eigenvalue weighted by atomic mass is 9.88. The van der Waals surface area contributed by atoms with Crippen molar-refractivity contribution in [3.05, 3.63) is 64.7 Å². The first kappa shape index (κ1) is 22.8. The minimum Gasteiger partial charge on any atom is -0.491 e. The Hall–Kier alpha value is -1.51. The van der Waals surface area contributed by atoms with Crippen molar-refractivity contribution in [2.75, 3.05) is 6.54 Å². The van der Waals surface area contributed by atoms with E-state index in [0.717, 1.165) is 29.7 Å². The summed E-state index contributed by atoms with van der Waals surface area (Å²) >= 11 is 6.00. The lowest BCUT2D eigenvalue weighted by molar-refractivity contribution is 0.242. The molecule has 0 radical (unpaired) electrons. The Kier molecular flexibility index (Phi) is 9.34. The van der Waals surface area contributed by atoms with Crippen LogP contribution in [-0.2, 0) is 0 Å². The van der Waals surface area contributed by atoms with Gasteiger partial charge < -0.3 is 10.1 Å². The van der Waals surface area contributed by atoms with Crippen molar-refractivity contribution < 1.29 is 4.74 Å². The third-order valence-corrected chi connectivity index (χ3v) is 5.38. The van der Waals surface area contributed by atoms with E-state index in [1.165, 1.54) is 24.0 Å². The minimum absolute atomic E-state index is 0.209. The van der Waals surface area contributed by atoms with Crippen LogP contribution in [0.4, 0.5) is 0 Å². The van der Waals surface area contributed by atoms with Crippen LogP contribution in [0.5, 0.6) is 5.75 Å². The molecule has 3 heteroatoms. The molecule has 2 aromatic carbocycles. The highest BCUT2D eigenvalue weighted by Crippen LogP contribution is 2.28. The fraction of sp³-hybridized carbons (Fsp3) is 0.520. The Balaban J connectivity index is 1.95. The lowest BCUT2D eigenvalue weighted by Gasteiger charge is -2.21. The molecule has 0 aliphatic rings. The summed E-state index contributed by atoms with van der Waals surface area (Å²) in [7, 11) is 0. The normalized spacial score (nSPS) is 13.7. The molecule has 2 nitrogen and oxygen atoms in total. The summed E-state index contributed by atoms with van der Waals surface area (Å²) < 4.78 is 5.80. The van der Waals surface area contributed by atoms with Gasteiger partial charge in [-0.1, -0.05) is 56.1 Å². The van der Waals surface area contributed by atoms with E-state index in [9.17, 15) is 0 Å². The molecule has 2 rings (SSSR count). The van der Waals surface area contributed by atoms with Crippen LogP contribution in [0.15, 0.2) is 48.5 Å². The second-order valence-corrected chi connectivity index (χ2v) is 8.86. The van der Waals surface area contributed by atoms with Crippen LogP contribution in [0.1, 0.15) is 77.0 Å². The van der Waals surface area contributed by atoms with Gasteiger partial charge in [0.15, 0.2) is 0 Å². The Bertz CT molecular complexity index is 679. The fourth-order valence-electron chi connectivity index (χ4n) is 3.45. The van der Waals surface area contributed by atoms with Crippen LogP contribution in [-0.4, -0.2) is 12.6 Å². The molecule has 0 bridgehead atoms. The third-order valence-electron chi connectivity index (χ3n) is 5.13. The van der Waals surface area contributed by atoms with Crippen LogP contribution < -0.4 is 10.1 Å². The molecule has 0 fully saturated rings. The quantitative estimate of drug-likeness (QED) is 0.423. The number of rotatable bonds is 11. The van der Waals surface area contributed by atoms with Crippen molar-refractivity contribution in [3.8, 4) is 5.75 Å². The molecule has 2 atom stereocenters. The summed E-state index contributed by atoms with van der Waals surface area (Å²) in [6.07, 6.45) is 3.82. The predicted molar refractivity (Wildman–Crippen MR) is 122 cm³/mol. The van der Waals surface area contributed by atoms with Gasteiger partial charge in [-0.3, -0.25) is 0 Å². The summed E-state index contributed by atoms with van der Waals surface area (Å²) in [5, 5.41) is 4.46. The van der Waals surface area contributed by atoms with E-state index in [0.29, 0.717) is 12.0 Å². The van der Waals surface area contributed by atoms with E-state index in [2.05, 4.69) is 76.3 Å². The Morgan fingerprint density at radius 3 is 1.96 bits per heavy atom. The molecule has 0 aliphatic carbocycles. The zero-order valence-electron chi connectivity index (χ0n) is 18.0. The molecule has 154 valence electrons. The van der Waals surface area contributed by atoms with Gasteiger partial charge >= 0.3 is 0 Å².